The molecule has 0 nitrogen and oxygen atoms in total. The summed E-state index contributed by atoms with van der Waals surface area (Å²) >= 11 is -1.79. The summed E-state index contributed by atoms with van der Waals surface area (Å²) in [6, 6.07) is 9.10. The van der Waals surface area contributed by atoms with Crippen molar-refractivity contribution in [1.29, 1.82) is 0 Å². The molecule has 1 aromatic carbocycles. The van der Waals surface area contributed by atoms with Crippen molar-refractivity contribution < 1.29 is 16.6 Å². The van der Waals surface area contributed by atoms with Crippen LogP contribution in [0, 0.1) is 0 Å². The summed E-state index contributed by atoms with van der Waals surface area (Å²) in [5.74, 6) is 0. The van der Waals surface area contributed by atoms with Gasteiger partial charge in [0.1, 0.15) is 0 Å². The maximum absolute atomic E-state index is 2.56. The van der Waals surface area contributed by atoms with Gasteiger partial charge in [0, 0.05) is 0 Å². The molecule has 2 rings (SSSR count). The first-order chi connectivity index (χ1) is 9.27. The molecule has 0 heterocycles. The van der Waals surface area contributed by atoms with Crippen molar-refractivity contribution in [2.75, 3.05) is 0 Å². The van der Waals surface area contributed by atoms with Crippen molar-refractivity contribution in [3.63, 3.8) is 0 Å². The first kappa shape index (κ1) is 15.1. The minimum atomic E-state index is -1.79. The predicted molar refractivity (Wildman–Crippen MR) is 83.5 cm³/mol. The van der Waals surface area contributed by atoms with E-state index in [0.717, 1.165) is 4.22 Å². The molecule has 0 fully saturated rings. The Morgan fingerprint density at radius 3 is 2.05 bits per heavy atom. The summed E-state index contributed by atoms with van der Waals surface area (Å²) in [4.78, 5) is 0. The van der Waals surface area contributed by atoms with Crippen molar-refractivity contribution in [3.05, 3.63) is 41.5 Å². The Bertz CT molecular complexity index is 416. The SMILES string of the molecule is CC[CH2][Ti]([CH2]CC)([CH2]CC)[CH]1C=Cc2ccccc21. The third-order valence-electron chi connectivity index (χ3n) is 4.70. The van der Waals surface area contributed by atoms with Crippen LogP contribution in [0.15, 0.2) is 30.3 Å². The fourth-order valence-corrected chi connectivity index (χ4v) is 13.6. The van der Waals surface area contributed by atoms with Gasteiger partial charge in [-0.15, -0.1) is 0 Å². The number of hydrogen-bond acceptors (Lipinski definition) is 0. The molecule has 104 valence electrons. The Balaban J connectivity index is 2.36. The zero-order chi connectivity index (χ0) is 13.7. The van der Waals surface area contributed by atoms with Gasteiger partial charge in [-0.25, -0.2) is 0 Å². The number of allylic oxidation sites excluding steroid dienone is 1. The molecule has 0 radical (unpaired) electrons. The van der Waals surface area contributed by atoms with E-state index in [1.54, 1.807) is 19.7 Å². The Hall–Kier alpha value is -0.326. The topological polar surface area (TPSA) is 0 Å². The molecule has 0 saturated carbocycles. The van der Waals surface area contributed by atoms with Crippen LogP contribution in [-0.4, -0.2) is 0 Å². The fourth-order valence-electron chi connectivity index (χ4n) is 4.12. The molecule has 1 unspecified atom stereocenters. The molecule has 0 amide bonds. The van der Waals surface area contributed by atoms with E-state index in [0.29, 0.717) is 0 Å². The van der Waals surface area contributed by atoms with Crippen molar-refractivity contribution in [2.45, 2.75) is 58.4 Å². The zero-order valence-corrected chi connectivity index (χ0v) is 14.3. The summed E-state index contributed by atoms with van der Waals surface area (Å²) in [7, 11) is 0. The summed E-state index contributed by atoms with van der Waals surface area (Å²) in [5.41, 5.74) is 3.14. The molecule has 19 heavy (non-hydrogen) atoms. The minimum absolute atomic E-state index is 0.830. The average molecular weight is 292 g/mol. The van der Waals surface area contributed by atoms with Gasteiger partial charge in [-0.2, -0.15) is 0 Å². The zero-order valence-electron chi connectivity index (χ0n) is 12.8. The number of rotatable bonds is 7. The van der Waals surface area contributed by atoms with Crippen LogP contribution in [0.4, 0.5) is 0 Å². The average Bonchev–Trinajstić information content (AvgIpc) is 2.84. The van der Waals surface area contributed by atoms with Gasteiger partial charge in [-0.1, -0.05) is 0 Å². The molecule has 1 aliphatic carbocycles. The second-order valence-corrected chi connectivity index (χ2v) is 13.6. The summed E-state index contributed by atoms with van der Waals surface area (Å²) in [6.07, 6.45) is 9.10. The Kier molecular flexibility index (Phi) is 5.48. The van der Waals surface area contributed by atoms with Gasteiger partial charge in [-0.3, -0.25) is 0 Å². The number of fused-ring (bicyclic) bond motifs is 1. The summed E-state index contributed by atoms with van der Waals surface area (Å²) in [6.45, 7) is 7.15. The monoisotopic (exact) mass is 292 g/mol. The Labute approximate surface area is 122 Å². The van der Waals surface area contributed by atoms with E-state index >= 15 is 0 Å². The van der Waals surface area contributed by atoms with Crippen LogP contribution in [0.3, 0.4) is 0 Å². The van der Waals surface area contributed by atoms with Crippen LogP contribution in [0.2, 0.25) is 14.2 Å². The van der Waals surface area contributed by atoms with Crippen LogP contribution in [0.25, 0.3) is 6.08 Å². The third kappa shape index (κ3) is 3.06. The van der Waals surface area contributed by atoms with Crippen molar-refractivity contribution >= 4 is 6.08 Å². The van der Waals surface area contributed by atoms with Crippen LogP contribution in [0.5, 0.6) is 0 Å². The van der Waals surface area contributed by atoms with E-state index in [1.807, 2.05) is 0 Å². The van der Waals surface area contributed by atoms with Gasteiger partial charge in [-0.05, 0) is 0 Å². The van der Waals surface area contributed by atoms with Gasteiger partial charge in [0.2, 0.25) is 0 Å². The molecule has 0 bridgehead atoms. The normalized spacial score (nSPS) is 17.7. The molecule has 0 saturated heterocycles. The summed E-state index contributed by atoms with van der Waals surface area (Å²) in [5, 5.41) is 0. The van der Waals surface area contributed by atoms with E-state index in [9.17, 15) is 0 Å². The quantitative estimate of drug-likeness (QED) is 0.510. The van der Waals surface area contributed by atoms with Crippen molar-refractivity contribution in [1.82, 2.24) is 0 Å². The molecule has 0 spiro atoms. The van der Waals surface area contributed by atoms with Crippen LogP contribution in [0.1, 0.15) is 55.4 Å². The van der Waals surface area contributed by atoms with E-state index < -0.39 is 16.6 Å². The second kappa shape index (κ2) is 6.91. The van der Waals surface area contributed by atoms with Gasteiger partial charge in [0.15, 0.2) is 0 Å². The number of hydrogen-bond donors (Lipinski definition) is 0. The van der Waals surface area contributed by atoms with Crippen molar-refractivity contribution in [3.8, 4) is 0 Å². The molecular formula is C18H28Ti. The van der Waals surface area contributed by atoms with E-state index in [1.165, 1.54) is 24.8 Å². The van der Waals surface area contributed by atoms with Gasteiger partial charge in [0.25, 0.3) is 0 Å². The van der Waals surface area contributed by atoms with Crippen molar-refractivity contribution in [2.24, 2.45) is 0 Å². The van der Waals surface area contributed by atoms with E-state index in [2.05, 4.69) is 57.2 Å². The molecule has 1 aliphatic rings. The molecule has 0 aromatic heterocycles. The Morgan fingerprint density at radius 2 is 1.47 bits per heavy atom. The van der Waals surface area contributed by atoms with Crippen LogP contribution >= 0.6 is 0 Å². The maximum atomic E-state index is 2.56. The molecule has 0 aliphatic heterocycles. The predicted octanol–water partition coefficient (Wildman–Crippen LogP) is 6.39. The first-order valence-corrected chi connectivity index (χ1v) is 12.3. The van der Waals surface area contributed by atoms with E-state index in [-0.39, 0.29) is 0 Å². The second-order valence-electron chi connectivity index (χ2n) is 6.08. The third-order valence-corrected chi connectivity index (χ3v) is 14.6. The standard InChI is InChI=1S/C9H7.3C3H7.Ti/c1-2-5-9-7-3-6-8(9)4-1;3*1-3-2;/h1-7H;3*1,3H2,2H3;. The molecule has 0 N–H and O–H groups in total. The molecule has 1 aromatic rings. The fraction of sp³-hybridized carbons (Fsp3) is 0.556. The van der Waals surface area contributed by atoms with E-state index in [4.69, 9.17) is 0 Å². The van der Waals surface area contributed by atoms with Gasteiger partial charge < -0.3 is 0 Å². The molecule has 1 atom stereocenters. The molecule has 1 heteroatoms. The van der Waals surface area contributed by atoms with Gasteiger partial charge >= 0.3 is 123 Å². The first-order valence-electron chi connectivity index (χ1n) is 8.04. The summed E-state index contributed by atoms with van der Waals surface area (Å²) < 4.78 is 5.47. The number of benzene rings is 1. The van der Waals surface area contributed by atoms with Crippen LogP contribution < -0.4 is 0 Å². The van der Waals surface area contributed by atoms with Crippen LogP contribution in [-0.2, 0) is 16.6 Å². The van der Waals surface area contributed by atoms with Gasteiger partial charge in [0.05, 0.1) is 0 Å². The Morgan fingerprint density at radius 1 is 0.895 bits per heavy atom. The molecular weight excluding hydrogens is 264 g/mol.